The molecule has 1 aliphatic heterocycles. The van der Waals surface area contributed by atoms with E-state index in [0.29, 0.717) is 22.6 Å². The van der Waals surface area contributed by atoms with Gasteiger partial charge >= 0.3 is 0 Å². The minimum Gasteiger partial charge on any atom is -0.316 e. The second kappa shape index (κ2) is 5.82. The van der Waals surface area contributed by atoms with Gasteiger partial charge in [0.1, 0.15) is 5.03 Å². The average molecular weight is 306 g/mol. The summed E-state index contributed by atoms with van der Waals surface area (Å²) in [6.07, 6.45) is 3.36. The quantitative estimate of drug-likeness (QED) is 0.680. The first-order chi connectivity index (χ1) is 10.1. The van der Waals surface area contributed by atoms with Crippen molar-refractivity contribution in [2.45, 2.75) is 23.1 Å². The van der Waals surface area contributed by atoms with E-state index in [1.165, 1.54) is 18.3 Å². The van der Waals surface area contributed by atoms with Crippen LogP contribution in [0.5, 0.6) is 0 Å². The number of fused-ring (bicyclic) bond motifs is 1. The molecule has 0 radical (unpaired) electrons. The number of hydrogen-bond acceptors (Lipinski definition) is 6. The molecule has 0 aliphatic carbocycles. The summed E-state index contributed by atoms with van der Waals surface area (Å²) in [4.78, 5) is 18.8. The van der Waals surface area contributed by atoms with Gasteiger partial charge in [0.25, 0.3) is 5.69 Å². The van der Waals surface area contributed by atoms with Crippen LogP contribution in [0.15, 0.2) is 29.4 Å². The Labute approximate surface area is 123 Å². The Balaban J connectivity index is 1.91. The van der Waals surface area contributed by atoms with Crippen molar-refractivity contribution < 1.29 is 9.13 Å². The summed E-state index contributed by atoms with van der Waals surface area (Å²) < 4.78 is 12.5. The van der Waals surface area contributed by atoms with Crippen LogP contribution in [0.3, 0.4) is 0 Å². The fourth-order valence-electron chi connectivity index (χ4n) is 2.37. The maximum atomic E-state index is 12.5. The molecule has 0 saturated carbocycles. The van der Waals surface area contributed by atoms with E-state index in [9.17, 15) is 14.3 Å². The number of nitrogens with zero attached hydrogens (tertiary/aromatic N) is 3. The van der Waals surface area contributed by atoms with Gasteiger partial charge in [-0.1, -0.05) is 0 Å². The summed E-state index contributed by atoms with van der Waals surface area (Å²) in [5.74, 6) is 0. The molecule has 8 heteroatoms. The molecule has 3 rings (SSSR count). The fourth-order valence-corrected chi connectivity index (χ4v) is 3.70. The maximum Gasteiger partial charge on any atom is 0.271 e. The minimum atomic E-state index is -1.21. The van der Waals surface area contributed by atoms with E-state index in [-0.39, 0.29) is 10.9 Å². The Morgan fingerprint density at radius 3 is 2.95 bits per heavy atom. The molecule has 2 heterocycles. The van der Waals surface area contributed by atoms with Gasteiger partial charge in [0.2, 0.25) is 0 Å². The Hall–Kier alpha value is -1.93. The van der Waals surface area contributed by atoms with Crippen LogP contribution in [0.1, 0.15) is 12.8 Å². The smallest absolute Gasteiger partial charge is 0.271 e. The first-order valence-corrected chi connectivity index (χ1v) is 7.89. The fraction of sp³-hybridized carbons (Fsp3) is 0.385. The molecule has 1 aromatic heterocycles. The van der Waals surface area contributed by atoms with Crippen molar-refractivity contribution >= 4 is 27.5 Å². The van der Waals surface area contributed by atoms with Crippen LogP contribution in [0.2, 0.25) is 0 Å². The molecule has 21 heavy (non-hydrogen) atoms. The minimum absolute atomic E-state index is 0.0258. The lowest BCUT2D eigenvalue weighted by molar-refractivity contribution is -0.384. The molecule has 0 amide bonds. The molecular formula is C13H14N4O3S. The molecule has 1 saturated heterocycles. The van der Waals surface area contributed by atoms with Gasteiger partial charge in [-0.25, -0.2) is 4.98 Å². The van der Waals surface area contributed by atoms with E-state index in [1.807, 2.05) is 0 Å². The summed E-state index contributed by atoms with van der Waals surface area (Å²) in [5, 5.41) is 14.4. The Bertz CT molecular complexity index is 716. The van der Waals surface area contributed by atoms with E-state index < -0.39 is 15.7 Å². The highest BCUT2D eigenvalue weighted by atomic mass is 32.2. The van der Waals surface area contributed by atoms with Crippen LogP contribution in [0.25, 0.3) is 11.0 Å². The van der Waals surface area contributed by atoms with Gasteiger partial charge in [-0.15, -0.1) is 0 Å². The van der Waals surface area contributed by atoms with Gasteiger partial charge in [0, 0.05) is 18.7 Å². The second-order valence-corrected chi connectivity index (χ2v) is 6.58. The molecule has 1 fully saturated rings. The largest absolute Gasteiger partial charge is 0.316 e. The van der Waals surface area contributed by atoms with Gasteiger partial charge < -0.3 is 5.32 Å². The zero-order valence-corrected chi connectivity index (χ0v) is 12.0. The predicted molar refractivity (Wildman–Crippen MR) is 78.5 cm³/mol. The van der Waals surface area contributed by atoms with Crippen molar-refractivity contribution in [3.05, 3.63) is 34.5 Å². The molecular weight excluding hydrogens is 292 g/mol. The Morgan fingerprint density at radius 1 is 1.38 bits per heavy atom. The third-order valence-electron chi connectivity index (χ3n) is 3.48. The monoisotopic (exact) mass is 306 g/mol. The number of non-ortho nitro benzene ring substituents is 1. The van der Waals surface area contributed by atoms with Crippen molar-refractivity contribution in [1.29, 1.82) is 0 Å². The summed E-state index contributed by atoms with van der Waals surface area (Å²) >= 11 is 0. The van der Waals surface area contributed by atoms with Gasteiger partial charge in [0.15, 0.2) is 0 Å². The zero-order chi connectivity index (χ0) is 14.8. The highest BCUT2D eigenvalue weighted by molar-refractivity contribution is 7.85. The summed E-state index contributed by atoms with van der Waals surface area (Å²) in [6, 6.07) is 4.30. The van der Waals surface area contributed by atoms with Crippen molar-refractivity contribution in [3.8, 4) is 0 Å². The molecule has 2 aromatic rings. The molecule has 110 valence electrons. The number of rotatable bonds is 3. The van der Waals surface area contributed by atoms with Gasteiger partial charge in [-0.3, -0.25) is 19.3 Å². The Kier molecular flexibility index (Phi) is 3.89. The van der Waals surface area contributed by atoms with Gasteiger partial charge in [0.05, 0.1) is 38.2 Å². The third-order valence-corrected chi connectivity index (χ3v) is 5.09. The molecule has 7 nitrogen and oxygen atoms in total. The van der Waals surface area contributed by atoms with E-state index in [4.69, 9.17) is 0 Å². The van der Waals surface area contributed by atoms with Crippen molar-refractivity contribution in [2.24, 2.45) is 0 Å². The summed E-state index contributed by atoms with van der Waals surface area (Å²) in [6.45, 7) is 1.67. The number of benzene rings is 1. The number of hydrogen-bond donors (Lipinski definition) is 1. The van der Waals surface area contributed by atoms with Crippen LogP contribution >= 0.6 is 0 Å². The molecule has 0 bridgehead atoms. The SMILES string of the molecule is O=[N+]([O-])c1ccc2nc([S@](=O)[C@@H]3CCCNC3)cnc2c1. The van der Waals surface area contributed by atoms with Gasteiger partial charge in [-0.05, 0) is 25.5 Å². The molecule has 2 atom stereocenters. The maximum absolute atomic E-state index is 12.5. The number of piperidine rings is 1. The zero-order valence-electron chi connectivity index (χ0n) is 11.2. The Morgan fingerprint density at radius 2 is 2.24 bits per heavy atom. The van der Waals surface area contributed by atoms with Crippen LogP contribution in [-0.2, 0) is 10.8 Å². The standard InChI is InChI=1S/C13H14N4O3S/c18-17(19)9-3-4-11-12(6-9)15-8-13(16-11)21(20)10-2-1-5-14-7-10/h3-4,6,8,10,14H,1-2,5,7H2/t10-,21-/m1/s1. The first kappa shape index (κ1) is 14.0. The summed E-state index contributed by atoms with van der Waals surface area (Å²) in [7, 11) is -1.21. The van der Waals surface area contributed by atoms with Gasteiger partial charge in [-0.2, -0.15) is 0 Å². The summed E-state index contributed by atoms with van der Waals surface area (Å²) in [5.41, 5.74) is 0.934. The highest BCUT2D eigenvalue weighted by Crippen LogP contribution is 2.20. The van der Waals surface area contributed by atoms with E-state index in [1.54, 1.807) is 6.07 Å². The lowest BCUT2D eigenvalue weighted by atomic mass is 10.2. The predicted octanol–water partition coefficient (Wildman–Crippen LogP) is 1.40. The number of nitrogens with one attached hydrogen (secondary N) is 1. The first-order valence-electron chi connectivity index (χ1n) is 6.67. The topological polar surface area (TPSA) is 98.0 Å². The highest BCUT2D eigenvalue weighted by Gasteiger charge is 2.22. The van der Waals surface area contributed by atoms with Crippen LogP contribution < -0.4 is 5.32 Å². The van der Waals surface area contributed by atoms with E-state index in [2.05, 4.69) is 15.3 Å². The molecule has 1 aromatic carbocycles. The van der Waals surface area contributed by atoms with E-state index in [0.717, 1.165) is 19.4 Å². The lowest BCUT2D eigenvalue weighted by Crippen LogP contribution is -2.36. The van der Waals surface area contributed by atoms with Crippen molar-refractivity contribution in [2.75, 3.05) is 13.1 Å². The van der Waals surface area contributed by atoms with Crippen molar-refractivity contribution in [3.63, 3.8) is 0 Å². The number of nitro benzene ring substituents is 1. The van der Waals surface area contributed by atoms with Crippen LogP contribution in [-0.4, -0.2) is 37.4 Å². The molecule has 1 aliphatic rings. The number of nitro groups is 1. The number of aromatic nitrogens is 2. The van der Waals surface area contributed by atoms with Crippen molar-refractivity contribution in [1.82, 2.24) is 15.3 Å². The third kappa shape index (κ3) is 2.91. The normalized spacial score (nSPS) is 20.3. The second-order valence-electron chi connectivity index (χ2n) is 4.90. The van der Waals surface area contributed by atoms with Crippen LogP contribution in [0.4, 0.5) is 5.69 Å². The average Bonchev–Trinajstić information content (AvgIpc) is 2.54. The van der Waals surface area contributed by atoms with E-state index >= 15 is 0 Å². The molecule has 0 spiro atoms. The molecule has 1 N–H and O–H groups in total. The lowest BCUT2D eigenvalue weighted by Gasteiger charge is -2.21. The van der Waals surface area contributed by atoms with Crippen LogP contribution in [0, 0.1) is 10.1 Å². The molecule has 0 unspecified atom stereocenters.